The average molecular weight is 394 g/mol. The smallest absolute Gasteiger partial charge is 0.317 e. The number of rotatable bonds is 4. The fourth-order valence-electron chi connectivity index (χ4n) is 3.01. The van der Waals surface area contributed by atoms with Gasteiger partial charge in [0.05, 0.1) is 5.56 Å². The molecule has 6 nitrogen and oxygen atoms in total. The second-order valence-electron chi connectivity index (χ2n) is 6.37. The number of nitrogens with two attached hydrogens (primary N) is 1. The molecule has 0 spiro atoms. The first-order chi connectivity index (χ1) is 12.9. The van der Waals surface area contributed by atoms with E-state index >= 15 is 0 Å². The molecule has 3 rings (SSSR count). The molecule has 0 saturated carbocycles. The van der Waals surface area contributed by atoms with Crippen LogP contribution in [0.1, 0.15) is 29.6 Å². The third-order valence-electron chi connectivity index (χ3n) is 4.24. The second-order valence-corrected chi connectivity index (χ2v) is 7.42. The summed E-state index contributed by atoms with van der Waals surface area (Å²) in [6, 6.07) is 3.76. The monoisotopic (exact) mass is 394 g/mol. The molecule has 1 aromatic heterocycles. The van der Waals surface area contributed by atoms with Crippen molar-refractivity contribution in [1.82, 2.24) is 10.6 Å². The summed E-state index contributed by atoms with van der Waals surface area (Å²) in [4.78, 5) is 24.5. The highest BCUT2D eigenvalue weighted by Crippen LogP contribution is 2.36. The minimum Gasteiger partial charge on any atom is -0.351 e. The Labute approximate surface area is 159 Å². The summed E-state index contributed by atoms with van der Waals surface area (Å²) in [6.45, 7) is 1.57. The number of carbonyl (C=O) groups is 2. The predicted octanol–water partition coefficient (Wildman–Crippen LogP) is 3.06. The summed E-state index contributed by atoms with van der Waals surface area (Å²) in [5.74, 6) is -1.82. The number of thiophene rings is 1. The van der Waals surface area contributed by atoms with E-state index in [2.05, 4.69) is 16.0 Å². The van der Waals surface area contributed by atoms with Gasteiger partial charge in [-0.2, -0.15) is 0 Å². The number of anilines is 1. The van der Waals surface area contributed by atoms with Crippen molar-refractivity contribution in [3.05, 3.63) is 41.5 Å². The zero-order chi connectivity index (χ0) is 19.4. The van der Waals surface area contributed by atoms with Crippen LogP contribution in [0.4, 0.5) is 18.6 Å². The topological polar surface area (TPSA) is 96.2 Å². The molecule has 1 aliphatic rings. The maximum Gasteiger partial charge on any atom is 0.317 e. The lowest BCUT2D eigenvalue weighted by molar-refractivity contribution is 0.0937. The SMILES string of the molecule is NC(=O)Nc1sc(-c2cc(F)cc(F)c2)cc1C(=O)N[C@H]1CCCCNC1. The third-order valence-corrected chi connectivity index (χ3v) is 5.34. The lowest BCUT2D eigenvalue weighted by atomic mass is 10.1. The van der Waals surface area contributed by atoms with Gasteiger partial charge < -0.3 is 16.4 Å². The molecule has 27 heavy (non-hydrogen) atoms. The number of carbonyl (C=O) groups excluding carboxylic acids is 2. The first kappa shape index (κ1) is 19.2. The van der Waals surface area contributed by atoms with Gasteiger partial charge in [-0.25, -0.2) is 13.6 Å². The van der Waals surface area contributed by atoms with Crippen LogP contribution >= 0.6 is 11.3 Å². The summed E-state index contributed by atoms with van der Waals surface area (Å²) in [6.07, 6.45) is 2.90. The highest BCUT2D eigenvalue weighted by atomic mass is 32.1. The van der Waals surface area contributed by atoms with Crippen LogP contribution in [0.3, 0.4) is 0 Å². The van der Waals surface area contributed by atoms with Gasteiger partial charge in [0.1, 0.15) is 16.6 Å². The van der Waals surface area contributed by atoms with Gasteiger partial charge in [-0.3, -0.25) is 10.1 Å². The largest absolute Gasteiger partial charge is 0.351 e. The van der Waals surface area contributed by atoms with Gasteiger partial charge in [-0.15, -0.1) is 11.3 Å². The second kappa shape index (κ2) is 8.45. The predicted molar refractivity (Wildman–Crippen MR) is 101 cm³/mol. The quantitative estimate of drug-likeness (QED) is 0.642. The summed E-state index contributed by atoms with van der Waals surface area (Å²) in [5, 5.41) is 8.85. The molecule has 2 aromatic rings. The molecule has 9 heteroatoms. The maximum absolute atomic E-state index is 13.5. The van der Waals surface area contributed by atoms with Gasteiger partial charge in [-0.05, 0) is 43.1 Å². The van der Waals surface area contributed by atoms with Gasteiger partial charge in [0.25, 0.3) is 5.91 Å². The van der Waals surface area contributed by atoms with E-state index in [9.17, 15) is 18.4 Å². The van der Waals surface area contributed by atoms with Crippen molar-refractivity contribution in [2.75, 3.05) is 18.4 Å². The first-order valence-electron chi connectivity index (χ1n) is 8.60. The summed E-state index contributed by atoms with van der Waals surface area (Å²) >= 11 is 1.03. The molecule has 3 amide bonds. The van der Waals surface area contributed by atoms with Crippen LogP contribution in [0.5, 0.6) is 0 Å². The lowest BCUT2D eigenvalue weighted by Gasteiger charge is -2.16. The van der Waals surface area contributed by atoms with Gasteiger partial charge in [0.15, 0.2) is 0 Å². The highest BCUT2D eigenvalue weighted by Gasteiger charge is 2.22. The molecular formula is C18H20F2N4O2S. The van der Waals surface area contributed by atoms with Crippen molar-refractivity contribution in [1.29, 1.82) is 0 Å². The number of amides is 3. The Hall–Kier alpha value is -2.52. The number of urea groups is 1. The molecule has 1 aliphatic heterocycles. The molecule has 2 heterocycles. The number of hydrogen-bond donors (Lipinski definition) is 4. The van der Waals surface area contributed by atoms with E-state index in [1.165, 1.54) is 18.2 Å². The zero-order valence-electron chi connectivity index (χ0n) is 14.5. The Bertz CT molecular complexity index is 828. The van der Waals surface area contributed by atoms with E-state index in [0.717, 1.165) is 43.2 Å². The normalized spacial score (nSPS) is 17.2. The van der Waals surface area contributed by atoms with Crippen molar-refractivity contribution in [2.45, 2.75) is 25.3 Å². The molecule has 0 radical (unpaired) electrons. The van der Waals surface area contributed by atoms with Gasteiger partial charge in [0.2, 0.25) is 0 Å². The molecule has 1 aromatic carbocycles. The number of nitrogens with one attached hydrogen (secondary N) is 3. The summed E-state index contributed by atoms with van der Waals surface area (Å²) < 4.78 is 27.1. The standard InChI is InChI=1S/C18H20F2N4O2S/c19-11-5-10(6-12(20)7-11)15-8-14(17(27-15)24-18(21)26)16(25)23-13-3-1-2-4-22-9-13/h5-8,13,22H,1-4,9H2,(H,23,25)(H3,21,24,26)/t13-/m0/s1. The molecule has 1 saturated heterocycles. The average Bonchev–Trinajstić information content (AvgIpc) is 2.82. The van der Waals surface area contributed by atoms with Gasteiger partial charge in [0, 0.05) is 23.5 Å². The molecule has 0 bridgehead atoms. The van der Waals surface area contributed by atoms with Crippen LogP contribution in [-0.2, 0) is 0 Å². The molecule has 0 aliphatic carbocycles. The Morgan fingerprint density at radius 3 is 2.59 bits per heavy atom. The van der Waals surface area contributed by atoms with Crippen LogP contribution in [0.25, 0.3) is 10.4 Å². The van der Waals surface area contributed by atoms with Crippen molar-refractivity contribution in [3.8, 4) is 10.4 Å². The fraction of sp³-hybridized carbons (Fsp3) is 0.333. The first-order valence-corrected chi connectivity index (χ1v) is 9.42. The van der Waals surface area contributed by atoms with Gasteiger partial charge in [-0.1, -0.05) is 6.42 Å². The molecule has 0 unspecified atom stereocenters. The van der Waals surface area contributed by atoms with Crippen molar-refractivity contribution >= 4 is 28.3 Å². The van der Waals surface area contributed by atoms with E-state index in [4.69, 9.17) is 5.73 Å². The van der Waals surface area contributed by atoms with Crippen molar-refractivity contribution in [2.24, 2.45) is 5.73 Å². The van der Waals surface area contributed by atoms with E-state index in [-0.39, 0.29) is 28.1 Å². The van der Waals surface area contributed by atoms with Crippen LogP contribution in [0, 0.1) is 11.6 Å². The fourth-order valence-corrected chi connectivity index (χ4v) is 4.05. The molecule has 144 valence electrons. The van der Waals surface area contributed by atoms with E-state index in [1.54, 1.807) is 0 Å². The molecular weight excluding hydrogens is 374 g/mol. The number of halogens is 2. The van der Waals surface area contributed by atoms with E-state index in [1.807, 2.05) is 0 Å². The Morgan fingerprint density at radius 2 is 1.89 bits per heavy atom. The van der Waals surface area contributed by atoms with Crippen LogP contribution in [0.2, 0.25) is 0 Å². The lowest BCUT2D eigenvalue weighted by Crippen LogP contribution is -2.41. The van der Waals surface area contributed by atoms with E-state index in [0.29, 0.717) is 11.4 Å². The van der Waals surface area contributed by atoms with Gasteiger partial charge >= 0.3 is 6.03 Å². The van der Waals surface area contributed by atoms with Crippen LogP contribution < -0.4 is 21.7 Å². The maximum atomic E-state index is 13.5. The summed E-state index contributed by atoms with van der Waals surface area (Å²) in [7, 11) is 0. The Morgan fingerprint density at radius 1 is 1.15 bits per heavy atom. The van der Waals surface area contributed by atoms with Crippen molar-refractivity contribution < 1.29 is 18.4 Å². The third kappa shape index (κ3) is 5.01. The Balaban J connectivity index is 1.89. The van der Waals surface area contributed by atoms with Crippen molar-refractivity contribution in [3.63, 3.8) is 0 Å². The van der Waals surface area contributed by atoms with E-state index < -0.39 is 17.7 Å². The molecule has 1 atom stereocenters. The van der Waals surface area contributed by atoms with Crippen LogP contribution in [-0.4, -0.2) is 31.1 Å². The zero-order valence-corrected chi connectivity index (χ0v) is 15.3. The highest BCUT2D eigenvalue weighted by molar-refractivity contribution is 7.20. The minimum atomic E-state index is -0.820. The Kier molecular flexibility index (Phi) is 6.02. The van der Waals surface area contributed by atoms with Crippen LogP contribution in [0.15, 0.2) is 24.3 Å². The number of primary amides is 1. The number of hydrogen-bond acceptors (Lipinski definition) is 4. The number of benzene rings is 1. The molecule has 1 fully saturated rings. The summed E-state index contributed by atoms with van der Waals surface area (Å²) in [5.41, 5.74) is 5.68. The molecule has 5 N–H and O–H groups in total. The minimum absolute atomic E-state index is 0.0311.